The molecule has 0 saturated heterocycles. The van der Waals surface area contributed by atoms with Crippen LogP contribution in [-0.2, 0) is 9.47 Å². The molecule has 1 aromatic rings. The van der Waals surface area contributed by atoms with Crippen molar-refractivity contribution >= 4 is 0 Å². The van der Waals surface area contributed by atoms with Crippen molar-refractivity contribution < 1.29 is 13.9 Å². The van der Waals surface area contributed by atoms with Gasteiger partial charge in [-0.1, -0.05) is 0 Å². The second-order valence-electron chi connectivity index (χ2n) is 3.65. The highest BCUT2D eigenvalue weighted by atomic mass is 16.5. The molecule has 0 bridgehead atoms. The van der Waals surface area contributed by atoms with Gasteiger partial charge in [0, 0.05) is 13.7 Å². The Hall–Kier alpha value is -0.840. The van der Waals surface area contributed by atoms with E-state index in [1.807, 2.05) is 12.1 Å². The normalized spacial score (nSPS) is 12.9. The van der Waals surface area contributed by atoms with Crippen molar-refractivity contribution in [3.8, 4) is 0 Å². The van der Waals surface area contributed by atoms with Crippen molar-refractivity contribution in [1.82, 2.24) is 5.32 Å². The predicted octanol–water partition coefficient (Wildman–Crippen LogP) is 1.98. The van der Waals surface area contributed by atoms with Crippen molar-refractivity contribution in [2.24, 2.45) is 0 Å². The molecule has 0 fully saturated rings. The second kappa shape index (κ2) is 8.33. The molecule has 92 valence electrons. The zero-order chi connectivity index (χ0) is 11.6. The molecule has 16 heavy (non-hydrogen) atoms. The Morgan fingerprint density at radius 2 is 2.25 bits per heavy atom. The summed E-state index contributed by atoms with van der Waals surface area (Å²) < 4.78 is 15.5. The topological polar surface area (TPSA) is 43.6 Å². The summed E-state index contributed by atoms with van der Waals surface area (Å²) in [6.07, 6.45) is 2.69. The number of nitrogens with one attached hydrogen (secondary N) is 1. The molecule has 0 spiro atoms. The highest BCUT2D eigenvalue weighted by Crippen LogP contribution is 2.11. The SMILES string of the molecule is COCCOCCCN[C@@H](C)c1ccco1. The monoisotopic (exact) mass is 227 g/mol. The maximum absolute atomic E-state index is 5.36. The van der Waals surface area contributed by atoms with E-state index in [9.17, 15) is 0 Å². The van der Waals surface area contributed by atoms with Crippen molar-refractivity contribution in [3.63, 3.8) is 0 Å². The highest BCUT2D eigenvalue weighted by Gasteiger charge is 2.05. The van der Waals surface area contributed by atoms with Crippen LogP contribution >= 0.6 is 0 Å². The minimum absolute atomic E-state index is 0.258. The standard InChI is InChI=1S/C12H21NO3/c1-11(12-5-3-8-16-12)13-6-4-7-15-10-9-14-2/h3,5,8,11,13H,4,6-7,9-10H2,1-2H3/t11-/m0/s1. The van der Waals surface area contributed by atoms with Gasteiger partial charge in [0.05, 0.1) is 25.5 Å². The van der Waals surface area contributed by atoms with Crippen molar-refractivity contribution in [1.29, 1.82) is 0 Å². The highest BCUT2D eigenvalue weighted by molar-refractivity contribution is 5.02. The van der Waals surface area contributed by atoms with E-state index in [2.05, 4.69) is 12.2 Å². The lowest BCUT2D eigenvalue weighted by molar-refractivity contribution is 0.0692. The Morgan fingerprint density at radius 1 is 1.38 bits per heavy atom. The van der Waals surface area contributed by atoms with Crippen LogP contribution in [-0.4, -0.2) is 33.5 Å². The molecule has 0 aromatic carbocycles. The summed E-state index contributed by atoms with van der Waals surface area (Å²) in [6.45, 7) is 5.11. The maximum atomic E-state index is 5.36. The summed E-state index contributed by atoms with van der Waals surface area (Å²) in [5.41, 5.74) is 0. The van der Waals surface area contributed by atoms with Crippen molar-refractivity contribution in [3.05, 3.63) is 24.2 Å². The second-order valence-corrected chi connectivity index (χ2v) is 3.65. The quantitative estimate of drug-likeness (QED) is 0.655. The number of hydrogen-bond acceptors (Lipinski definition) is 4. The Labute approximate surface area is 96.9 Å². The number of methoxy groups -OCH3 is 1. The van der Waals surface area contributed by atoms with E-state index in [0.29, 0.717) is 13.2 Å². The Bertz CT molecular complexity index is 249. The van der Waals surface area contributed by atoms with Crippen molar-refractivity contribution in [2.45, 2.75) is 19.4 Å². The van der Waals surface area contributed by atoms with Crippen LogP contribution in [0.25, 0.3) is 0 Å². The first kappa shape index (κ1) is 13.2. The zero-order valence-electron chi connectivity index (χ0n) is 10.1. The molecule has 4 heteroatoms. The summed E-state index contributed by atoms with van der Waals surface area (Å²) >= 11 is 0. The van der Waals surface area contributed by atoms with Gasteiger partial charge in [0.15, 0.2) is 0 Å². The molecule has 0 aliphatic heterocycles. The first-order chi connectivity index (χ1) is 7.84. The van der Waals surface area contributed by atoms with Crippen LogP contribution in [0.3, 0.4) is 0 Å². The van der Waals surface area contributed by atoms with E-state index >= 15 is 0 Å². The van der Waals surface area contributed by atoms with Crippen LogP contribution in [0, 0.1) is 0 Å². The molecule has 0 saturated carbocycles. The largest absolute Gasteiger partial charge is 0.468 e. The summed E-state index contributed by atoms with van der Waals surface area (Å²) in [6, 6.07) is 4.14. The van der Waals surface area contributed by atoms with Crippen LogP contribution in [0.2, 0.25) is 0 Å². The first-order valence-electron chi connectivity index (χ1n) is 5.68. The molecule has 0 amide bonds. The Balaban J connectivity index is 1.95. The number of hydrogen-bond donors (Lipinski definition) is 1. The molecule has 1 aromatic heterocycles. The fraction of sp³-hybridized carbons (Fsp3) is 0.667. The van der Waals surface area contributed by atoms with Gasteiger partial charge in [-0.25, -0.2) is 0 Å². The number of rotatable bonds is 9. The summed E-state index contributed by atoms with van der Waals surface area (Å²) in [4.78, 5) is 0. The van der Waals surface area contributed by atoms with Crippen LogP contribution in [0.4, 0.5) is 0 Å². The molecule has 1 atom stereocenters. The molecule has 4 nitrogen and oxygen atoms in total. The van der Waals surface area contributed by atoms with Gasteiger partial charge < -0.3 is 19.2 Å². The molecule has 0 unspecified atom stereocenters. The Kier molecular flexibility index (Phi) is 6.88. The van der Waals surface area contributed by atoms with Crippen LogP contribution in [0.15, 0.2) is 22.8 Å². The first-order valence-corrected chi connectivity index (χ1v) is 5.68. The van der Waals surface area contributed by atoms with E-state index in [0.717, 1.165) is 25.3 Å². The van der Waals surface area contributed by atoms with Crippen LogP contribution in [0.5, 0.6) is 0 Å². The van der Waals surface area contributed by atoms with E-state index in [1.54, 1.807) is 13.4 Å². The average molecular weight is 227 g/mol. The lowest BCUT2D eigenvalue weighted by Gasteiger charge is -2.11. The number of furan rings is 1. The molecule has 1 rings (SSSR count). The average Bonchev–Trinajstić information content (AvgIpc) is 2.81. The third kappa shape index (κ3) is 5.30. The maximum Gasteiger partial charge on any atom is 0.120 e. The smallest absolute Gasteiger partial charge is 0.120 e. The summed E-state index contributed by atoms with van der Waals surface area (Å²) in [7, 11) is 1.68. The Morgan fingerprint density at radius 3 is 2.94 bits per heavy atom. The van der Waals surface area contributed by atoms with Gasteiger partial charge >= 0.3 is 0 Å². The summed E-state index contributed by atoms with van der Waals surface area (Å²) in [5.74, 6) is 0.973. The molecular formula is C12H21NO3. The van der Waals surface area contributed by atoms with Gasteiger partial charge in [-0.15, -0.1) is 0 Å². The lowest BCUT2D eigenvalue weighted by Crippen LogP contribution is -2.20. The van der Waals surface area contributed by atoms with Crippen molar-refractivity contribution in [2.75, 3.05) is 33.5 Å². The minimum Gasteiger partial charge on any atom is -0.468 e. The zero-order valence-corrected chi connectivity index (χ0v) is 10.1. The molecule has 0 aliphatic rings. The fourth-order valence-electron chi connectivity index (χ4n) is 1.38. The van der Waals surface area contributed by atoms with Gasteiger partial charge in [0.25, 0.3) is 0 Å². The molecular weight excluding hydrogens is 206 g/mol. The third-order valence-corrected chi connectivity index (χ3v) is 2.32. The summed E-state index contributed by atoms with van der Waals surface area (Å²) in [5, 5.41) is 3.37. The van der Waals surface area contributed by atoms with Gasteiger partial charge in [0.2, 0.25) is 0 Å². The minimum atomic E-state index is 0.258. The predicted molar refractivity (Wildman–Crippen MR) is 62.4 cm³/mol. The van der Waals surface area contributed by atoms with Gasteiger partial charge in [-0.05, 0) is 32.0 Å². The van der Waals surface area contributed by atoms with E-state index in [-0.39, 0.29) is 6.04 Å². The van der Waals surface area contributed by atoms with Gasteiger partial charge in [-0.2, -0.15) is 0 Å². The molecule has 0 aliphatic carbocycles. The van der Waals surface area contributed by atoms with Crippen LogP contribution in [0.1, 0.15) is 25.1 Å². The van der Waals surface area contributed by atoms with Crippen LogP contribution < -0.4 is 5.32 Å². The van der Waals surface area contributed by atoms with E-state index in [4.69, 9.17) is 13.9 Å². The van der Waals surface area contributed by atoms with Gasteiger partial charge in [0.1, 0.15) is 5.76 Å². The molecule has 1 N–H and O–H groups in total. The van der Waals surface area contributed by atoms with E-state index < -0.39 is 0 Å². The molecule has 0 radical (unpaired) electrons. The fourth-order valence-corrected chi connectivity index (χ4v) is 1.38. The third-order valence-electron chi connectivity index (χ3n) is 2.32. The van der Waals surface area contributed by atoms with E-state index in [1.165, 1.54) is 0 Å². The number of ether oxygens (including phenoxy) is 2. The molecule has 1 heterocycles. The lowest BCUT2D eigenvalue weighted by atomic mass is 10.2. The van der Waals surface area contributed by atoms with Gasteiger partial charge in [-0.3, -0.25) is 0 Å².